The zero-order chi connectivity index (χ0) is 31.8. The van der Waals surface area contributed by atoms with Crippen LogP contribution in [0.3, 0.4) is 0 Å². The van der Waals surface area contributed by atoms with Gasteiger partial charge in [0, 0.05) is 68.0 Å². The molecule has 0 radical (unpaired) electrons. The largest absolute Gasteiger partial charge is 0.481 e. The number of aliphatic carboxylic acids is 1. The van der Waals surface area contributed by atoms with Crippen LogP contribution < -0.4 is 5.32 Å². The van der Waals surface area contributed by atoms with Crippen molar-refractivity contribution in [1.82, 2.24) is 19.4 Å². The summed E-state index contributed by atoms with van der Waals surface area (Å²) in [7, 11) is 3.53. The third kappa shape index (κ3) is 6.46. The number of fused-ring (bicyclic) bond motifs is 1. The van der Waals surface area contributed by atoms with E-state index in [0.29, 0.717) is 24.9 Å². The summed E-state index contributed by atoms with van der Waals surface area (Å²) in [5.41, 5.74) is 1.56. The minimum absolute atomic E-state index is 0.00216. The summed E-state index contributed by atoms with van der Waals surface area (Å²) in [6.45, 7) is 2.00. The summed E-state index contributed by atoms with van der Waals surface area (Å²) in [6, 6.07) is 9.81. The first-order chi connectivity index (χ1) is 21.6. The molecular formula is C32H33ClFN5O5S. The van der Waals surface area contributed by atoms with Crippen LogP contribution in [0, 0.1) is 5.82 Å². The molecule has 0 spiro atoms. The molecule has 6 rings (SSSR count). The minimum Gasteiger partial charge on any atom is -0.481 e. The second-order valence-electron chi connectivity index (χ2n) is 11.5. The van der Waals surface area contributed by atoms with Gasteiger partial charge in [-0.1, -0.05) is 29.8 Å². The molecule has 0 unspecified atom stereocenters. The number of halogens is 2. The number of hydrogen-bond donors (Lipinski definition) is 2. The quantitative estimate of drug-likeness (QED) is 0.250. The number of anilines is 1. The van der Waals surface area contributed by atoms with Crippen LogP contribution >= 0.6 is 22.9 Å². The summed E-state index contributed by atoms with van der Waals surface area (Å²) in [5.74, 6) is -2.22. The molecule has 2 saturated heterocycles. The van der Waals surface area contributed by atoms with Crippen LogP contribution in [-0.2, 0) is 34.2 Å². The first kappa shape index (κ1) is 31.2. The minimum atomic E-state index is -0.881. The number of hydrogen-bond acceptors (Lipinski definition) is 7. The maximum absolute atomic E-state index is 15.4. The van der Waals surface area contributed by atoms with Gasteiger partial charge in [-0.2, -0.15) is 0 Å². The zero-order valence-electron chi connectivity index (χ0n) is 24.8. The fourth-order valence-corrected chi connectivity index (χ4v) is 7.40. The molecule has 2 aliphatic rings. The number of amides is 2. The number of benzene rings is 2. The van der Waals surface area contributed by atoms with Gasteiger partial charge in [0.25, 0.3) is 5.91 Å². The zero-order valence-corrected chi connectivity index (χ0v) is 26.4. The third-order valence-corrected chi connectivity index (χ3v) is 10.1. The van der Waals surface area contributed by atoms with Crippen molar-refractivity contribution in [2.75, 3.05) is 32.1 Å². The Morgan fingerprint density at radius 1 is 1.20 bits per heavy atom. The average Bonchev–Trinajstić information content (AvgIpc) is 3.72. The van der Waals surface area contributed by atoms with Gasteiger partial charge in [0.2, 0.25) is 5.91 Å². The molecule has 2 aliphatic heterocycles. The van der Waals surface area contributed by atoms with Crippen molar-refractivity contribution in [3.8, 4) is 0 Å². The van der Waals surface area contributed by atoms with Crippen molar-refractivity contribution < 1.29 is 28.6 Å². The Morgan fingerprint density at radius 2 is 1.98 bits per heavy atom. The standard InChI is InChI=1S/C32H33ClFN5O5S/c1-37-17-23(22-5-3-4-6-27(22)37)31(43)36-26-12-25(34)18(9-24(26)33)10-29(40)39-14-19(38-15-20(16-38)44-2)11-28(39)32-35-13-21(45-32)7-8-30(41)42/h3-6,9,12-13,17,19-20,28H,7-8,10-11,14-16H2,1-2H3,(H,36,43)(H,41,42)/t19-,28-/m0/s1. The average molecular weight is 654 g/mol. The second-order valence-corrected chi connectivity index (χ2v) is 13.1. The van der Waals surface area contributed by atoms with Gasteiger partial charge in [-0.05, 0) is 36.6 Å². The number of rotatable bonds is 10. The van der Waals surface area contributed by atoms with Crippen molar-refractivity contribution in [3.63, 3.8) is 0 Å². The lowest BCUT2D eigenvalue weighted by Crippen LogP contribution is -2.56. The van der Waals surface area contributed by atoms with E-state index >= 15 is 4.39 Å². The number of likely N-dealkylation sites (tertiary alicyclic amines) is 2. The molecule has 0 bridgehead atoms. The molecule has 236 valence electrons. The van der Waals surface area contributed by atoms with E-state index in [0.717, 1.165) is 39.9 Å². The first-order valence-electron chi connectivity index (χ1n) is 14.7. The Labute approximate surface area is 268 Å². The predicted molar refractivity (Wildman–Crippen MR) is 169 cm³/mol. The molecule has 2 aromatic heterocycles. The van der Waals surface area contributed by atoms with Crippen molar-refractivity contribution in [2.24, 2.45) is 7.05 Å². The van der Waals surface area contributed by atoms with Gasteiger partial charge in [0.1, 0.15) is 10.8 Å². The number of carbonyl (C=O) groups is 3. The van der Waals surface area contributed by atoms with Gasteiger partial charge < -0.3 is 24.6 Å². The Bertz CT molecular complexity index is 1770. The highest BCUT2D eigenvalue weighted by atomic mass is 35.5. The molecule has 2 amide bonds. The van der Waals surface area contributed by atoms with E-state index in [1.807, 2.05) is 35.9 Å². The molecule has 0 saturated carbocycles. The molecule has 2 fully saturated rings. The number of carboxylic acid groups (broad SMARTS) is 1. The molecule has 0 aliphatic carbocycles. The van der Waals surface area contributed by atoms with Gasteiger partial charge in [-0.3, -0.25) is 19.3 Å². The summed E-state index contributed by atoms with van der Waals surface area (Å²) >= 11 is 7.93. The van der Waals surface area contributed by atoms with Crippen molar-refractivity contribution in [1.29, 1.82) is 0 Å². The van der Waals surface area contributed by atoms with Crippen LogP contribution in [0.4, 0.5) is 10.1 Å². The van der Waals surface area contributed by atoms with Gasteiger partial charge >= 0.3 is 5.97 Å². The maximum Gasteiger partial charge on any atom is 0.303 e. The Morgan fingerprint density at radius 3 is 2.73 bits per heavy atom. The molecule has 4 aromatic rings. The molecular weight excluding hydrogens is 621 g/mol. The van der Waals surface area contributed by atoms with Crippen LogP contribution in [0.2, 0.25) is 5.02 Å². The fraction of sp³-hybridized carbons (Fsp3) is 0.375. The number of ether oxygens (including phenoxy) is 1. The predicted octanol–water partition coefficient (Wildman–Crippen LogP) is 4.91. The smallest absolute Gasteiger partial charge is 0.303 e. The molecule has 2 aromatic carbocycles. The Hall–Kier alpha value is -3.84. The molecule has 13 heteroatoms. The van der Waals surface area contributed by atoms with Crippen molar-refractivity contribution >= 4 is 57.3 Å². The normalized spacial score (nSPS) is 18.8. The molecule has 10 nitrogen and oxygen atoms in total. The van der Waals surface area contributed by atoms with Crippen LogP contribution in [0.15, 0.2) is 48.8 Å². The van der Waals surface area contributed by atoms with Crippen molar-refractivity contribution in [2.45, 2.75) is 43.9 Å². The second kappa shape index (κ2) is 12.9. The van der Waals surface area contributed by atoms with Crippen LogP contribution in [0.25, 0.3) is 10.9 Å². The highest BCUT2D eigenvalue weighted by molar-refractivity contribution is 7.11. The number of para-hydroxylation sites is 1. The van der Waals surface area contributed by atoms with Crippen molar-refractivity contribution in [3.05, 3.63) is 80.6 Å². The van der Waals surface area contributed by atoms with E-state index in [2.05, 4.69) is 15.2 Å². The highest BCUT2D eigenvalue weighted by Crippen LogP contribution is 2.39. The SMILES string of the molecule is COC1CN([C@H]2C[C@@H](c3ncc(CCC(=O)O)s3)N(C(=O)Cc3cc(Cl)c(NC(=O)c4cn(C)c5ccccc45)cc3F)C2)C1. The monoisotopic (exact) mass is 653 g/mol. The number of methoxy groups -OCH3 is 1. The van der Waals surface area contributed by atoms with Gasteiger partial charge in [-0.25, -0.2) is 9.37 Å². The topological polar surface area (TPSA) is 117 Å². The molecule has 4 heterocycles. The number of carbonyl (C=O) groups excluding carboxylic acids is 2. The van der Waals surface area contributed by atoms with Gasteiger partial charge in [-0.15, -0.1) is 11.3 Å². The summed E-state index contributed by atoms with van der Waals surface area (Å²) in [6.07, 6.45) is 4.36. The summed E-state index contributed by atoms with van der Waals surface area (Å²) < 4.78 is 22.7. The fourth-order valence-electron chi connectivity index (χ4n) is 6.12. The van der Waals surface area contributed by atoms with Crippen LogP contribution in [0.1, 0.15) is 44.7 Å². The molecule has 2 N–H and O–H groups in total. The lowest BCUT2D eigenvalue weighted by molar-refractivity contribution is -0.137. The summed E-state index contributed by atoms with van der Waals surface area (Å²) in [5, 5.41) is 13.4. The number of nitrogens with one attached hydrogen (secondary N) is 1. The Balaban J connectivity index is 1.18. The lowest BCUT2D eigenvalue weighted by atomic mass is 10.1. The van der Waals surface area contributed by atoms with E-state index in [9.17, 15) is 14.4 Å². The van der Waals surface area contributed by atoms with E-state index in [4.69, 9.17) is 21.4 Å². The number of nitrogens with zero attached hydrogens (tertiary/aromatic N) is 4. The summed E-state index contributed by atoms with van der Waals surface area (Å²) in [4.78, 5) is 47.3. The van der Waals surface area contributed by atoms with E-state index in [1.165, 1.54) is 17.4 Å². The van der Waals surface area contributed by atoms with Crippen LogP contribution in [-0.4, -0.2) is 81.1 Å². The number of aryl methyl sites for hydroxylation is 2. The first-order valence-corrected chi connectivity index (χ1v) is 15.9. The third-order valence-electron chi connectivity index (χ3n) is 8.63. The van der Waals surface area contributed by atoms with Crippen LogP contribution in [0.5, 0.6) is 0 Å². The highest BCUT2D eigenvalue weighted by Gasteiger charge is 2.43. The van der Waals surface area contributed by atoms with Gasteiger partial charge in [0.05, 0.1) is 41.3 Å². The van der Waals surface area contributed by atoms with E-state index in [-0.39, 0.29) is 53.2 Å². The molecule has 45 heavy (non-hydrogen) atoms. The number of carboxylic acids is 1. The lowest BCUT2D eigenvalue weighted by Gasteiger charge is -2.42. The molecule has 2 atom stereocenters. The van der Waals surface area contributed by atoms with E-state index in [1.54, 1.807) is 24.4 Å². The number of aromatic nitrogens is 2. The number of thiazole rings is 1. The van der Waals surface area contributed by atoms with E-state index < -0.39 is 17.7 Å². The maximum atomic E-state index is 15.4. The Kier molecular flexibility index (Phi) is 8.91. The van der Waals surface area contributed by atoms with Gasteiger partial charge in [0.15, 0.2) is 0 Å².